The molecule has 0 amide bonds. The molecule has 1 N–H and O–H groups in total. The molecule has 0 bridgehead atoms. The van der Waals surface area contributed by atoms with Crippen molar-refractivity contribution in [2.45, 2.75) is 90.6 Å². The molecule has 3 heterocycles. The molecule has 3 aliphatic rings. The molecular weight excluding hydrogens is 582 g/mol. The largest absolute Gasteiger partial charge is 0.482 e. The number of ether oxygens (including phenoxy) is 4. The molecule has 0 aromatic carbocycles. The molecule has 240 valence electrons. The van der Waals surface area contributed by atoms with Crippen LogP contribution in [0.4, 0.5) is 0 Å². The molecule has 0 radical (unpaired) electrons. The molecule has 1 aliphatic heterocycles. The first kappa shape index (κ1) is 32.2. The molecule has 45 heavy (non-hydrogen) atoms. The fraction of sp³-hybridized carbons (Fsp3) is 0.559. The maximum Gasteiger partial charge on any atom is 0.345 e. The van der Waals surface area contributed by atoms with Crippen molar-refractivity contribution in [2.24, 2.45) is 22.7 Å². The number of aliphatic hydroxyl groups excluding tert-OH is 1. The highest BCUT2D eigenvalue weighted by atomic mass is 16.6. The van der Waals surface area contributed by atoms with Gasteiger partial charge >= 0.3 is 23.5 Å². The summed E-state index contributed by atoms with van der Waals surface area (Å²) in [5.74, 6) is 0.0486. The van der Waals surface area contributed by atoms with Gasteiger partial charge in [-0.1, -0.05) is 13.8 Å². The highest BCUT2D eigenvalue weighted by Crippen LogP contribution is 2.67. The lowest BCUT2D eigenvalue weighted by molar-refractivity contribution is -0.271. The number of aromatic nitrogens is 1. The molecule has 2 aromatic heterocycles. The van der Waals surface area contributed by atoms with E-state index in [1.165, 1.54) is 13.8 Å². The number of hydrogen-bond acceptors (Lipinski definition) is 11. The van der Waals surface area contributed by atoms with E-state index in [1.54, 1.807) is 37.5 Å². The van der Waals surface area contributed by atoms with Crippen LogP contribution in [-0.2, 0) is 28.6 Å². The summed E-state index contributed by atoms with van der Waals surface area (Å²) in [6.45, 7) is 8.20. The van der Waals surface area contributed by atoms with Crippen LogP contribution in [0, 0.1) is 35.0 Å². The number of carbonyl (C=O) groups excluding carboxylic acids is 3. The lowest BCUT2D eigenvalue weighted by Gasteiger charge is -2.66. The molecule has 0 saturated heterocycles. The Morgan fingerprint density at radius 2 is 1.91 bits per heavy atom. The Hall–Kier alpha value is -4.17. The number of aliphatic hydroxyl groups is 1. The monoisotopic (exact) mass is 621 g/mol. The van der Waals surface area contributed by atoms with Crippen molar-refractivity contribution in [3.05, 3.63) is 46.6 Å². The van der Waals surface area contributed by atoms with E-state index in [4.69, 9.17) is 29.8 Å². The lowest BCUT2D eigenvalue weighted by Crippen LogP contribution is -2.71. The number of hydrogen-bond donors (Lipinski definition) is 1. The van der Waals surface area contributed by atoms with Gasteiger partial charge in [-0.3, -0.25) is 19.4 Å². The van der Waals surface area contributed by atoms with E-state index >= 15 is 0 Å². The number of nitrogens with zero attached hydrogens (tertiary/aromatic N) is 1. The minimum atomic E-state index is -1.37. The summed E-state index contributed by atoms with van der Waals surface area (Å²) in [6.07, 6.45) is 6.87. The molecule has 11 nitrogen and oxygen atoms in total. The number of pyridine rings is 1. The van der Waals surface area contributed by atoms with Gasteiger partial charge in [0.1, 0.15) is 41.5 Å². The van der Waals surface area contributed by atoms with E-state index in [2.05, 4.69) is 10.9 Å². The molecular formula is C34H39NO10. The second-order valence-corrected chi connectivity index (χ2v) is 13.0. The van der Waals surface area contributed by atoms with Gasteiger partial charge in [0, 0.05) is 55.6 Å². The molecule has 0 spiro atoms. The van der Waals surface area contributed by atoms with Crippen LogP contribution in [0.2, 0.25) is 0 Å². The Balaban J connectivity index is 1.66. The van der Waals surface area contributed by atoms with Crippen molar-refractivity contribution in [1.82, 2.24) is 4.98 Å². The average Bonchev–Trinajstić information content (AvgIpc) is 2.97. The second kappa shape index (κ2) is 12.0. The third kappa shape index (κ3) is 5.61. The molecule has 2 saturated carbocycles. The summed E-state index contributed by atoms with van der Waals surface area (Å²) in [4.78, 5) is 54.9. The van der Waals surface area contributed by atoms with E-state index in [-0.39, 0.29) is 42.9 Å². The number of carbonyl (C=O) groups is 3. The normalized spacial score (nSPS) is 33.2. The van der Waals surface area contributed by atoms with E-state index in [0.717, 1.165) is 0 Å². The van der Waals surface area contributed by atoms with Crippen LogP contribution in [0.1, 0.15) is 78.4 Å². The van der Waals surface area contributed by atoms with Crippen molar-refractivity contribution in [3.63, 3.8) is 0 Å². The third-order valence-corrected chi connectivity index (χ3v) is 10.2. The van der Waals surface area contributed by atoms with Crippen molar-refractivity contribution in [1.29, 1.82) is 0 Å². The van der Waals surface area contributed by atoms with E-state index in [1.807, 2.05) is 13.8 Å². The quantitative estimate of drug-likeness (QED) is 0.270. The average molecular weight is 622 g/mol. The number of esters is 3. The summed E-state index contributed by atoms with van der Waals surface area (Å²) >= 11 is 0. The van der Waals surface area contributed by atoms with Crippen molar-refractivity contribution in [3.8, 4) is 29.4 Å². The molecule has 2 fully saturated rings. The van der Waals surface area contributed by atoms with Crippen LogP contribution in [0.3, 0.4) is 0 Å². The van der Waals surface area contributed by atoms with E-state index < -0.39 is 70.1 Å². The summed E-state index contributed by atoms with van der Waals surface area (Å²) in [5.41, 5.74) is -3.27. The first-order chi connectivity index (χ1) is 21.2. The smallest absolute Gasteiger partial charge is 0.345 e. The molecule has 2 unspecified atom stereocenters. The van der Waals surface area contributed by atoms with Crippen molar-refractivity contribution < 1.29 is 42.9 Å². The maximum atomic E-state index is 13.5. The Kier molecular flexibility index (Phi) is 8.57. The standard InChI is InChI=1S/C34H39NO10/c1-7-8-11-27(38)44-26-16-24-32(4,13-12-25(42-20(3)37)33(24,5)18-41-19(2)36)30-29(39)28-23(45-34(26,30)6)15-22(43-31(28)40)21-10-9-14-35-17-21/h1,9-10,14-15,17,24-26,29-30,39H,8,11-13,16,18H2,2-6H3/t24?,25-,26-,29-,30?,32-,33-,34+/m0/s1. The number of terminal acetylenes is 1. The summed E-state index contributed by atoms with van der Waals surface area (Å²) in [7, 11) is 0. The Labute approximate surface area is 261 Å². The van der Waals surface area contributed by atoms with Gasteiger partial charge in [-0.25, -0.2) is 4.79 Å². The third-order valence-electron chi connectivity index (χ3n) is 10.2. The summed E-state index contributed by atoms with van der Waals surface area (Å²) < 4.78 is 29.8. The van der Waals surface area contributed by atoms with Gasteiger partial charge in [-0.2, -0.15) is 0 Å². The molecule has 5 rings (SSSR count). The van der Waals surface area contributed by atoms with Gasteiger partial charge in [0.15, 0.2) is 0 Å². The first-order valence-corrected chi connectivity index (χ1v) is 15.1. The van der Waals surface area contributed by atoms with Crippen molar-refractivity contribution >= 4 is 17.9 Å². The zero-order valence-corrected chi connectivity index (χ0v) is 26.2. The zero-order chi connectivity index (χ0) is 32.7. The SMILES string of the molecule is C#CCCC(=O)O[C@H]1CC2[C@](C)(CC[C@H](OC(C)=O)[C@@]2(C)COC(C)=O)C2[C@@H](O)c3c(cc(-c4cccnc4)oc3=O)O[C@@]21C. The minimum Gasteiger partial charge on any atom is -0.482 e. The molecule has 11 heteroatoms. The first-order valence-electron chi connectivity index (χ1n) is 15.1. The lowest BCUT2D eigenvalue weighted by atomic mass is 9.42. The summed E-state index contributed by atoms with van der Waals surface area (Å²) in [6, 6.07) is 4.98. The molecule has 8 atom stereocenters. The van der Waals surface area contributed by atoms with Gasteiger partial charge in [0.2, 0.25) is 0 Å². The number of rotatable bonds is 7. The van der Waals surface area contributed by atoms with Crippen LogP contribution in [0.5, 0.6) is 5.75 Å². The predicted molar refractivity (Wildman–Crippen MR) is 159 cm³/mol. The Bertz CT molecular complexity index is 1580. The van der Waals surface area contributed by atoms with Crippen LogP contribution in [0.25, 0.3) is 11.3 Å². The Morgan fingerprint density at radius 3 is 2.56 bits per heavy atom. The van der Waals surface area contributed by atoms with Crippen LogP contribution < -0.4 is 10.4 Å². The van der Waals surface area contributed by atoms with E-state index in [0.29, 0.717) is 18.4 Å². The highest BCUT2D eigenvalue weighted by Gasteiger charge is 2.70. The van der Waals surface area contributed by atoms with E-state index in [9.17, 15) is 24.3 Å². The number of fused-ring (bicyclic) bond motifs is 4. The van der Waals surface area contributed by atoms with Gasteiger partial charge in [-0.05, 0) is 49.7 Å². The van der Waals surface area contributed by atoms with Crippen LogP contribution >= 0.6 is 0 Å². The van der Waals surface area contributed by atoms with Gasteiger partial charge in [0.05, 0.1) is 12.5 Å². The molecule has 2 aliphatic carbocycles. The van der Waals surface area contributed by atoms with Gasteiger partial charge in [0.25, 0.3) is 0 Å². The maximum absolute atomic E-state index is 13.5. The zero-order valence-electron chi connectivity index (χ0n) is 26.2. The topological polar surface area (TPSA) is 151 Å². The predicted octanol–water partition coefficient (Wildman–Crippen LogP) is 4.15. The van der Waals surface area contributed by atoms with Crippen molar-refractivity contribution in [2.75, 3.05) is 6.61 Å². The van der Waals surface area contributed by atoms with Gasteiger partial charge < -0.3 is 28.5 Å². The highest BCUT2D eigenvalue weighted by molar-refractivity contribution is 5.70. The van der Waals surface area contributed by atoms with Gasteiger partial charge in [-0.15, -0.1) is 12.3 Å². The molecule has 2 aromatic rings. The van der Waals surface area contributed by atoms with Crippen LogP contribution in [0.15, 0.2) is 39.8 Å². The van der Waals surface area contributed by atoms with Crippen LogP contribution in [-0.4, -0.2) is 52.4 Å². The minimum absolute atomic E-state index is 0.0235. The summed E-state index contributed by atoms with van der Waals surface area (Å²) in [5, 5.41) is 12.2. The fourth-order valence-corrected chi connectivity index (χ4v) is 8.23. The second-order valence-electron chi connectivity index (χ2n) is 13.0. The fourth-order valence-electron chi connectivity index (χ4n) is 8.23. The Morgan fingerprint density at radius 1 is 1.16 bits per heavy atom.